The molecule has 7 heteroatoms. The number of halogens is 2. The van der Waals surface area contributed by atoms with Crippen molar-refractivity contribution in [2.24, 2.45) is 41.4 Å². The van der Waals surface area contributed by atoms with Crippen LogP contribution in [0.25, 0.3) is 0 Å². The maximum absolute atomic E-state index is 13.0. The summed E-state index contributed by atoms with van der Waals surface area (Å²) in [6.07, 6.45) is 3.87. The van der Waals surface area contributed by atoms with Gasteiger partial charge in [-0.3, -0.25) is 19.3 Å². The van der Waals surface area contributed by atoms with E-state index in [0.29, 0.717) is 17.8 Å². The summed E-state index contributed by atoms with van der Waals surface area (Å²) in [5, 5.41) is 0. The summed E-state index contributed by atoms with van der Waals surface area (Å²) in [6, 6.07) is 0. The van der Waals surface area contributed by atoms with Gasteiger partial charge in [-0.1, -0.05) is 59.1 Å². The second-order valence-corrected chi connectivity index (χ2v) is 11.7. The van der Waals surface area contributed by atoms with Gasteiger partial charge < -0.3 is 4.74 Å². The molecule has 28 heavy (non-hydrogen) atoms. The van der Waals surface area contributed by atoms with Crippen LogP contribution in [0.4, 0.5) is 0 Å². The van der Waals surface area contributed by atoms with Crippen LogP contribution < -0.4 is 0 Å². The van der Waals surface area contributed by atoms with Gasteiger partial charge in [-0.25, -0.2) is 0 Å². The highest BCUT2D eigenvalue weighted by atomic mass is 79.9. The van der Waals surface area contributed by atoms with Crippen LogP contribution in [-0.2, 0) is 19.1 Å². The van der Waals surface area contributed by atoms with E-state index in [1.165, 1.54) is 4.90 Å². The minimum absolute atomic E-state index is 0.112. The molecular weight excluding hydrogens is 490 g/mol. The van der Waals surface area contributed by atoms with Crippen LogP contribution in [0, 0.1) is 41.4 Å². The van der Waals surface area contributed by atoms with Gasteiger partial charge in [-0.05, 0) is 48.9 Å². The lowest BCUT2D eigenvalue weighted by atomic mass is 9.75. The van der Waals surface area contributed by atoms with Crippen LogP contribution in [0.15, 0.2) is 0 Å². The van der Waals surface area contributed by atoms with E-state index in [1.807, 2.05) is 0 Å². The normalized spacial score (nSPS) is 45.1. The minimum atomic E-state index is -0.440. The fourth-order valence-electron chi connectivity index (χ4n) is 6.15. The van der Waals surface area contributed by atoms with E-state index < -0.39 is 5.97 Å². The topological polar surface area (TPSA) is 63.7 Å². The molecule has 3 saturated carbocycles. The fraction of sp³-hybridized carbons (Fsp3) is 0.857. The number of nitrogens with zero attached hydrogens (tertiary/aromatic N) is 1. The van der Waals surface area contributed by atoms with Crippen molar-refractivity contribution in [1.82, 2.24) is 4.90 Å². The zero-order chi connectivity index (χ0) is 20.3. The molecular formula is C21H29Br2NO4. The van der Waals surface area contributed by atoms with Gasteiger partial charge in [0.25, 0.3) is 0 Å². The van der Waals surface area contributed by atoms with Crippen LogP contribution in [0.1, 0.15) is 46.5 Å². The van der Waals surface area contributed by atoms with E-state index in [0.717, 1.165) is 25.7 Å². The number of alkyl halides is 2. The highest BCUT2D eigenvalue weighted by Crippen LogP contribution is 2.60. The molecule has 0 aromatic rings. The van der Waals surface area contributed by atoms with Crippen molar-refractivity contribution >= 4 is 49.6 Å². The number of carbonyl (C=O) groups is 3. The quantitative estimate of drug-likeness (QED) is 0.323. The SMILES string of the molecule is CC1CCC(C(C)C)C(OC(=O)CN2C(=O)C3C4CC(C(Br)C4Br)C3C2=O)C1. The Morgan fingerprint density at radius 3 is 2.18 bits per heavy atom. The monoisotopic (exact) mass is 517 g/mol. The first-order valence-electron chi connectivity index (χ1n) is 10.5. The van der Waals surface area contributed by atoms with Gasteiger partial charge >= 0.3 is 5.97 Å². The predicted molar refractivity (Wildman–Crippen MR) is 112 cm³/mol. The van der Waals surface area contributed by atoms with E-state index in [9.17, 15) is 14.4 Å². The van der Waals surface area contributed by atoms with Crippen molar-refractivity contribution < 1.29 is 19.1 Å². The highest BCUT2D eigenvalue weighted by molar-refractivity contribution is 9.12. The van der Waals surface area contributed by atoms with Crippen LogP contribution in [-0.4, -0.2) is 45.0 Å². The molecule has 1 heterocycles. The fourth-order valence-corrected chi connectivity index (χ4v) is 8.03. The van der Waals surface area contributed by atoms with E-state index in [1.54, 1.807) is 0 Å². The average Bonchev–Trinajstić information content (AvgIpc) is 3.22. The Morgan fingerprint density at radius 2 is 1.64 bits per heavy atom. The lowest BCUT2D eigenvalue weighted by Crippen LogP contribution is -2.41. The standard InChI is InChI=1S/C21H29Br2NO4/c1-9(2)11-5-4-10(3)6-14(11)28-15(25)8-24-20(26)16-12-7-13(17(16)21(24)27)19(23)18(12)22/h9-14,16-19H,4-8H2,1-3H3. The predicted octanol–water partition coefficient (Wildman–Crippen LogP) is 3.77. The maximum Gasteiger partial charge on any atom is 0.326 e. The lowest BCUT2D eigenvalue weighted by molar-refractivity contribution is -0.162. The first-order valence-corrected chi connectivity index (χ1v) is 12.4. The van der Waals surface area contributed by atoms with Gasteiger partial charge in [-0.15, -0.1) is 0 Å². The number of amides is 2. The Labute approximate surface area is 183 Å². The van der Waals surface area contributed by atoms with Gasteiger partial charge in [-0.2, -0.15) is 0 Å². The number of likely N-dealkylation sites (tertiary alicyclic amines) is 1. The molecule has 0 aromatic heterocycles. The Hall–Kier alpha value is -0.430. The lowest BCUT2D eigenvalue weighted by Gasteiger charge is -2.36. The first kappa shape index (κ1) is 20.8. The third kappa shape index (κ3) is 3.28. The van der Waals surface area contributed by atoms with Crippen molar-refractivity contribution in [3.05, 3.63) is 0 Å². The van der Waals surface area contributed by atoms with Crippen LogP contribution in [0.5, 0.6) is 0 Å². The molecule has 1 saturated heterocycles. The summed E-state index contributed by atoms with van der Waals surface area (Å²) in [7, 11) is 0. The van der Waals surface area contributed by atoms with E-state index >= 15 is 0 Å². The van der Waals surface area contributed by atoms with Crippen LogP contribution in [0.3, 0.4) is 0 Å². The van der Waals surface area contributed by atoms with Crippen molar-refractivity contribution in [1.29, 1.82) is 0 Å². The molecule has 1 aliphatic heterocycles. The van der Waals surface area contributed by atoms with E-state index in [-0.39, 0.29) is 57.8 Å². The zero-order valence-electron chi connectivity index (χ0n) is 16.6. The largest absolute Gasteiger partial charge is 0.461 e. The van der Waals surface area contributed by atoms with E-state index in [2.05, 4.69) is 52.6 Å². The van der Waals surface area contributed by atoms with Crippen molar-refractivity contribution in [3.8, 4) is 0 Å². The molecule has 0 spiro atoms. The Bertz CT molecular complexity index is 651. The molecule has 156 valence electrons. The molecule has 2 bridgehead atoms. The average molecular weight is 519 g/mol. The second-order valence-electron chi connectivity index (χ2n) is 9.62. The van der Waals surface area contributed by atoms with Crippen molar-refractivity contribution in [2.75, 3.05) is 6.54 Å². The minimum Gasteiger partial charge on any atom is -0.461 e. The van der Waals surface area contributed by atoms with Gasteiger partial charge in [0.2, 0.25) is 11.8 Å². The van der Waals surface area contributed by atoms with Crippen LogP contribution in [0.2, 0.25) is 0 Å². The molecule has 4 aliphatic rings. The molecule has 0 aromatic carbocycles. The number of rotatable bonds is 4. The third-order valence-electron chi connectivity index (χ3n) is 7.61. The Balaban J connectivity index is 1.43. The Morgan fingerprint density at radius 1 is 1.07 bits per heavy atom. The molecule has 4 rings (SSSR count). The zero-order valence-corrected chi connectivity index (χ0v) is 19.8. The van der Waals surface area contributed by atoms with Gasteiger partial charge in [0.1, 0.15) is 12.6 Å². The molecule has 5 nitrogen and oxygen atoms in total. The molecule has 0 radical (unpaired) electrons. The van der Waals surface area contributed by atoms with E-state index in [4.69, 9.17) is 4.74 Å². The number of esters is 1. The maximum atomic E-state index is 13.0. The molecule has 9 atom stereocenters. The van der Waals surface area contributed by atoms with Crippen molar-refractivity contribution in [3.63, 3.8) is 0 Å². The van der Waals surface area contributed by atoms with Gasteiger partial charge in [0, 0.05) is 9.65 Å². The number of ether oxygens (including phenoxy) is 1. The summed E-state index contributed by atoms with van der Waals surface area (Å²) in [4.78, 5) is 40.2. The summed E-state index contributed by atoms with van der Waals surface area (Å²) >= 11 is 7.37. The summed E-state index contributed by atoms with van der Waals surface area (Å²) < 4.78 is 5.82. The van der Waals surface area contributed by atoms with Crippen molar-refractivity contribution in [2.45, 2.75) is 62.2 Å². The summed E-state index contributed by atoms with van der Waals surface area (Å²) in [5.41, 5.74) is 0. The molecule has 2 amide bonds. The first-order chi connectivity index (χ1) is 13.2. The molecule has 9 unspecified atom stereocenters. The number of carbonyl (C=O) groups excluding carboxylic acids is 3. The van der Waals surface area contributed by atoms with Gasteiger partial charge in [0.05, 0.1) is 11.8 Å². The number of imide groups is 1. The number of fused-ring (bicyclic) bond motifs is 5. The third-order valence-corrected chi connectivity index (χ3v) is 10.8. The highest BCUT2D eigenvalue weighted by Gasteiger charge is 2.66. The van der Waals surface area contributed by atoms with Crippen LogP contribution >= 0.6 is 31.9 Å². The van der Waals surface area contributed by atoms with Gasteiger partial charge in [0.15, 0.2) is 0 Å². The number of hydrogen-bond acceptors (Lipinski definition) is 4. The molecule has 3 aliphatic carbocycles. The second kappa shape index (κ2) is 7.68. The number of hydrogen-bond donors (Lipinski definition) is 0. The summed E-state index contributed by atoms with van der Waals surface area (Å²) in [5.74, 6) is 0.312. The molecule has 0 N–H and O–H groups in total. The Kier molecular flexibility index (Phi) is 5.71. The summed E-state index contributed by atoms with van der Waals surface area (Å²) in [6.45, 7) is 6.29. The molecule has 4 fully saturated rings. The smallest absolute Gasteiger partial charge is 0.326 e.